The van der Waals surface area contributed by atoms with E-state index in [1.54, 1.807) is 5.70 Å². The van der Waals surface area contributed by atoms with E-state index in [0.29, 0.717) is 18.2 Å². The summed E-state index contributed by atoms with van der Waals surface area (Å²) in [6.07, 6.45) is 9.47. The Bertz CT molecular complexity index is 577. The Hall–Kier alpha value is -1.28. The fourth-order valence-electron chi connectivity index (χ4n) is 4.49. The van der Waals surface area contributed by atoms with E-state index in [9.17, 15) is 0 Å². The van der Waals surface area contributed by atoms with Crippen molar-refractivity contribution in [3.05, 3.63) is 46.7 Å². The first-order valence-electron chi connectivity index (χ1n) is 7.65. The number of hydrogen-bond acceptors (Lipinski definition) is 2. The molecule has 0 saturated carbocycles. The van der Waals surface area contributed by atoms with Gasteiger partial charge in [0.15, 0.2) is 0 Å². The molecule has 0 N–H and O–H groups in total. The van der Waals surface area contributed by atoms with Crippen molar-refractivity contribution < 1.29 is 4.74 Å². The van der Waals surface area contributed by atoms with Crippen molar-refractivity contribution in [2.75, 3.05) is 6.54 Å². The quantitative estimate of drug-likeness (QED) is 0.749. The van der Waals surface area contributed by atoms with E-state index in [-0.39, 0.29) is 0 Å². The van der Waals surface area contributed by atoms with Crippen LogP contribution in [0.25, 0.3) is 0 Å². The fraction of sp³-hybridized carbons (Fsp3) is 0.529. The zero-order valence-electron chi connectivity index (χ0n) is 11.1. The molecule has 2 bridgehead atoms. The number of fused-ring (bicyclic) bond motifs is 6. The Morgan fingerprint density at radius 2 is 1.95 bits per heavy atom. The largest absolute Gasteiger partial charge is 0.368 e. The van der Waals surface area contributed by atoms with Crippen LogP contribution in [0.4, 0.5) is 0 Å². The molecule has 5 rings (SSSR count). The van der Waals surface area contributed by atoms with Gasteiger partial charge in [0.2, 0.25) is 0 Å². The van der Waals surface area contributed by atoms with E-state index in [1.807, 2.05) is 0 Å². The zero-order chi connectivity index (χ0) is 12.4. The second kappa shape index (κ2) is 3.63. The molecule has 0 amide bonds. The van der Waals surface area contributed by atoms with Crippen molar-refractivity contribution in [3.63, 3.8) is 0 Å². The summed E-state index contributed by atoms with van der Waals surface area (Å²) in [6, 6.07) is 7.77. The lowest BCUT2D eigenvalue weighted by atomic mass is 9.89. The van der Waals surface area contributed by atoms with Crippen LogP contribution in [-0.4, -0.2) is 11.4 Å². The predicted octanol–water partition coefficient (Wildman–Crippen LogP) is 4.02. The first kappa shape index (κ1) is 10.5. The average molecular weight is 253 g/mol. The second-order valence-electron chi connectivity index (χ2n) is 6.31. The van der Waals surface area contributed by atoms with E-state index >= 15 is 0 Å². The Morgan fingerprint density at radius 1 is 1.05 bits per heavy atom. The lowest BCUT2D eigenvalue weighted by Gasteiger charge is -2.25. The maximum absolute atomic E-state index is 6.02. The highest BCUT2D eigenvalue weighted by Gasteiger charge is 2.39. The Balaban J connectivity index is 1.54. The highest BCUT2D eigenvalue weighted by Crippen LogP contribution is 2.51. The van der Waals surface area contributed by atoms with Gasteiger partial charge in [0.05, 0.1) is 18.2 Å². The summed E-state index contributed by atoms with van der Waals surface area (Å²) < 4.78 is 6.02. The SMILES string of the molecule is C1=C2CCC(c3ccc4c(c3)C3CCC4O3)N2CC1. The van der Waals surface area contributed by atoms with Crippen LogP contribution in [0.15, 0.2) is 30.0 Å². The van der Waals surface area contributed by atoms with E-state index in [0.717, 1.165) is 0 Å². The van der Waals surface area contributed by atoms with Crippen molar-refractivity contribution in [3.8, 4) is 0 Å². The summed E-state index contributed by atoms with van der Waals surface area (Å²) in [5.41, 5.74) is 6.06. The van der Waals surface area contributed by atoms with Gasteiger partial charge in [-0.05, 0) is 48.8 Å². The third-order valence-electron chi connectivity index (χ3n) is 5.38. The number of benzene rings is 1. The van der Waals surface area contributed by atoms with Gasteiger partial charge >= 0.3 is 0 Å². The van der Waals surface area contributed by atoms with E-state index in [4.69, 9.17) is 4.74 Å². The molecule has 3 atom stereocenters. The van der Waals surface area contributed by atoms with Crippen LogP contribution in [0.3, 0.4) is 0 Å². The van der Waals surface area contributed by atoms with Crippen molar-refractivity contribution in [2.24, 2.45) is 0 Å². The minimum Gasteiger partial charge on any atom is -0.368 e. The summed E-state index contributed by atoms with van der Waals surface area (Å²) in [6.45, 7) is 1.22. The molecule has 2 nitrogen and oxygen atoms in total. The molecule has 98 valence electrons. The summed E-state index contributed by atoms with van der Waals surface area (Å²) in [5, 5.41) is 0. The molecular weight excluding hydrogens is 234 g/mol. The van der Waals surface area contributed by atoms with E-state index in [1.165, 1.54) is 55.3 Å². The smallest absolute Gasteiger partial charge is 0.0838 e. The van der Waals surface area contributed by atoms with Gasteiger partial charge in [-0.2, -0.15) is 0 Å². The number of rotatable bonds is 1. The Labute approximate surface area is 114 Å². The molecule has 4 aliphatic heterocycles. The minimum atomic E-state index is 0.398. The van der Waals surface area contributed by atoms with Crippen LogP contribution in [0.5, 0.6) is 0 Å². The molecule has 4 aliphatic rings. The molecule has 19 heavy (non-hydrogen) atoms. The van der Waals surface area contributed by atoms with Gasteiger partial charge in [-0.25, -0.2) is 0 Å². The highest BCUT2D eigenvalue weighted by molar-refractivity contribution is 5.41. The van der Waals surface area contributed by atoms with Gasteiger partial charge in [-0.15, -0.1) is 0 Å². The summed E-state index contributed by atoms with van der Waals surface area (Å²) in [5.74, 6) is 0. The topological polar surface area (TPSA) is 12.5 Å². The number of allylic oxidation sites excluding steroid dienone is 1. The minimum absolute atomic E-state index is 0.398. The summed E-state index contributed by atoms with van der Waals surface area (Å²) >= 11 is 0. The maximum Gasteiger partial charge on any atom is 0.0838 e. The predicted molar refractivity (Wildman–Crippen MR) is 73.6 cm³/mol. The monoisotopic (exact) mass is 253 g/mol. The standard InChI is InChI=1S/C17H19NO/c1-2-12-4-6-15(18(12)9-1)11-3-5-13-14(10-11)17-8-7-16(13)19-17/h2-3,5,10,15-17H,1,4,6-9H2. The fourth-order valence-corrected chi connectivity index (χ4v) is 4.49. The van der Waals surface area contributed by atoms with Gasteiger partial charge < -0.3 is 9.64 Å². The lowest BCUT2D eigenvalue weighted by Crippen LogP contribution is -2.19. The van der Waals surface area contributed by atoms with Gasteiger partial charge in [-0.1, -0.05) is 24.3 Å². The number of ether oxygens (including phenoxy) is 1. The molecule has 1 aromatic rings. The van der Waals surface area contributed by atoms with Gasteiger partial charge in [0.1, 0.15) is 0 Å². The van der Waals surface area contributed by atoms with Crippen LogP contribution in [-0.2, 0) is 4.74 Å². The lowest BCUT2D eigenvalue weighted by molar-refractivity contribution is 0.0716. The number of nitrogens with zero attached hydrogens (tertiary/aromatic N) is 1. The molecule has 4 heterocycles. The summed E-state index contributed by atoms with van der Waals surface area (Å²) in [4.78, 5) is 2.62. The van der Waals surface area contributed by atoms with Gasteiger partial charge in [-0.3, -0.25) is 0 Å². The molecule has 0 spiro atoms. The Morgan fingerprint density at radius 3 is 2.89 bits per heavy atom. The maximum atomic E-state index is 6.02. The summed E-state index contributed by atoms with van der Waals surface area (Å²) in [7, 11) is 0. The van der Waals surface area contributed by atoms with Crippen LogP contribution < -0.4 is 0 Å². The molecule has 2 fully saturated rings. The molecule has 1 aromatic carbocycles. The first-order valence-corrected chi connectivity index (χ1v) is 7.65. The normalized spacial score (nSPS) is 34.6. The second-order valence-corrected chi connectivity index (χ2v) is 6.31. The third-order valence-corrected chi connectivity index (χ3v) is 5.38. The average Bonchev–Trinajstić information content (AvgIpc) is 3.18. The van der Waals surface area contributed by atoms with Crippen molar-refractivity contribution in [2.45, 2.75) is 50.4 Å². The first-order chi connectivity index (χ1) is 9.40. The van der Waals surface area contributed by atoms with Crippen molar-refractivity contribution in [1.82, 2.24) is 4.90 Å². The van der Waals surface area contributed by atoms with Crippen LogP contribution in [0.2, 0.25) is 0 Å². The van der Waals surface area contributed by atoms with Crippen LogP contribution in [0, 0.1) is 0 Å². The van der Waals surface area contributed by atoms with E-state index in [2.05, 4.69) is 29.2 Å². The molecule has 2 saturated heterocycles. The van der Waals surface area contributed by atoms with Crippen LogP contribution >= 0.6 is 0 Å². The molecule has 2 heteroatoms. The highest BCUT2D eigenvalue weighted by atomic mass is 16.5. The zero-order valence-corrected chi connectivity index (χ0v) is 11.1. The molecule has 0 aromatic heterocycles. The molecule has 0 radical (unpaired) electrons. The van der Waals surface area contributed by atoms with E-state index < -0.39 is 0 Å². The van der Waals surface area contributed by atoms with Crippen molar-refractivity contribution in [1.29, 1.82) is 0 Å². The molecule has 0 aliphatic carbocycles. The molecule has 3 unspecified atom stereocenters. The number of hydrogen-bond donors (Lipinski definition) is 0. The van der Waals surface area contributed by atoms with Gasteiger partial charge in [0.25, 0.3) is 0 Å². The van der Waals surface area contributed by atoms with Crippen LogP contribution in [0.1, 0.15) is 67.0 Å². The molecular formula is C17H19NO. The van der Waals surface area contributed by atoms with Gasteiger partial charge in [0, 0.05) is 12.2 Å². The Kier molecular flexibility index (Phi) is 2.01. The third kappa shape index (κ3) is 1.35. The van der Waals surface area contributed by atoms with Crippen molar-refractivity contribution >= 4 is 0 Å².